The maximum Gasteiger partial charge on any atom is 0.302 e. The first-order chi connectivity index (χ1) is 33.5. The van der Waals surface area contributed by atoms with E-state index in [2.05, 4.69) is 54.7 Å². The molecule has 3 amide bonds. The lowest BCUT2D eigenvalue weighted by atomic mass is 9.49. The van der Waals surface area contributed by atoms with E-state index >= 15 is 0 Å². The number of anilines is 1. The van der Waals surface area contributed by atoms with Crippen molar-refractivity contribution in [2.75, 3.05) is 31.6 Å². The number of carbonyl (C=O) groups excluding carboxylic acids is 5. The van der Waals surface area contributed by atoms with Crippen molar-refractivity contribution in [1.29, 1.82) is 5.26 Å². The molecule has 2 fully saturated rings. The fourth-order valence-corrected chi connectivity index (χ4v) is 11.3. The second-order valence-electron chi connectivity index (χ2n) is 21.2. The van der Waals surface area contributed by atoms with Crippen LogP contribution in [0.25, 0.3) is 10.4 Å². The number of ketones is 1. The van der Waals surface area contributed by atoms with Crippen LogP contribution in [0.3, 0.4) is 0 Å². The fraction of sp³-hybridized carbons (Fsp3) is 0.509. The van der Waals surface area contributed by atoms with Crippen molar-refractivity contribution in [2.24, 2.45) is 22.2 Å². The number of nitrogens with zero attached hydrogens (tertiary/aromatic N) is 3. The summed E-state index contributed by atoms with van der Waals surface area (Å²) in [6.07, 6.45) is 1.70. The number of ether oxygens (including phenoxy) is 3. The Balaban J connectivity index is 0.914. The van der Waals surface area contributed by atoms with Crippen LogP contribution >= 0.6 is 22.9 Å². The Morgan fingerprint density at radius 2 is 1.66 bits per heavy atom. The first-order valence-electron chi connectivity index (χ1n) is 24.4. The number of unbranched alkanes of at least 4 members (excludes halogenated alkanes) is 2. The number of amides is 3. The molecule has 1 saturated heterocycles. The van der Waals surface area contributed by atoms with Gasteiger partial charge in [0, 0.05) is 73.0 Å². The average molecular weight is 1010 g/mol. The van der Waals surface area contributed by atoms with E-state index in [-0.39, 0.29) is 78.5 Å². The summed E-state index contributed by atoms with van der Waals surface area (Å²) >= 11 is 7.82. The molecule has 71 heavy (non-hydrogen) atoms. The van der Waals surface area contributed by atoms with Gasteiger partial charge >= 0.3 is 5.97 Å². The van der Waals surface area contributed by atoms with Gasteiger partial charge in [-0.2, -0.15) is 5.26 Å². The topological polar surface area (TPSA) is 189 Å². The van der Waals surface area contributed by atoms with Crippen LogP contribution in [0.2, 0.25) is 5.02 Å². The minimum atomic E-state index is -0.886. The molecule has 1 saturated carbocycles. The number of aromatic nitrogens is 1. The number of thiazole rings is 1. The molecule has 1 aromatic heterocycles. The number of likely N-dealkylation sites (tertiary alicyclic amines) is 1. The van der Waals surface area contributed by atoms with Crippen LogP contribution in [0.15, 0.2) is 72.2 Å². The largest absolute Gasteiger partial charge is 0.489 e. The van der Waals surface area contributed by atoms with E-state index in [0.29, 0.717) is 35.1 Å². The lowest BCUT2D eigenvalue weighted by Gasteiger charge is -2.63. The summed E-state index contributed by atoms with van der Waals surface area (Å²) in [5, 5.41) is 19.3. The minimum absolute atomic E-state index is 0.0539. The van der Waals surface area contributed by atoms with Gasteiger partial charge in [0.15, 0.2) is 5.78 Å². The third-order valence-electron chi connectivity index (χ3n) is 13.9. The molecule has 14 nitrogen and oxygen atoms in total. The van der Waals surface area contributed by atoms with E-state index in [1.165, 1.54) is 11.8 Å². The van der Waals surface area contributed by atoms with Gasteiger partial charge in [-0.3, -0.25) is 24.0 Å². The van der Waals surface area contributed by atoms with Gasteiger partial charge in [0.1, 0.15) is 36.7 Å². The molecule has 1 aliphatic carbocycles. The number of carbonyl (C=O) groups is 5. The van der Waals surface area contributed by atoms with Gasteiger partial charge in [0.05, 0.1) is 39.3 Å². The molecule has 0 radical (unpaired) electrons. The zero-order valence-electron chi connectivity index (χ0n) is 42.7. The van der Waals surface area contributed by atoms with Crippen molar-refractivity contribution in [3.8, 4) is 22.3 Å². The molecule has 16 heteroatoms. The van der Waals surface area contributed by atoms with E-state index in [1.54, 1.807) is 41.7 Å². The van der Waals surface area contributed by atoms with Crippen molar-refractivity contribution in [2.45, 2.75) is 132 Å². The Kier molecular flexibility index (Phi) is 17.8. The monoisotopic (exact) mass is 1010 g/mol. The van der Waals surface area contributed by atoms with E-state index in [4.69, 9.17) is 25.8 Å². The number of aryl methyl sites for hydroxylation is 1. The molecule has 6 rings (SSSR count). The smallest absolute Gasteiger partial charge is 0.302 e. The van der Waals surface area contributed by atoms with Crippen LogP contribution in [0.4, 0.5) is 5.69 Å². The second-order valence-corrected chi connectivity index (χ2v) is 22.4. The number of nitriles is 1. The van der Waals surface area contributed by atoms with Crippen LogP contribution < -0.4 is 20.7 Å². The van der Waals surface area contributed by atoms with Gasteiger partial charge in [-0.15, -0.1) is 11.3 Å². The Labute approximate surface area is 427 Å². The zero-order valence-corrected chi connectivity index (χ0v) is 44.2. The number of rotatable bonds is 21. The van der Waals surface area contributed by atoms with Gasteiger partial charge in [0.2, 0.25) is 11.8 Å². The summed E-state index contributed by atoms with van der Waals surface area (Å²) in [5.41, 5.74) is 5.17. The highest BCUT2D eigenvalue weighted by atomic mass is 35.5. The highest BCUT2D eigenvalue weighted by molar-refractivity contribution is 7.13. The molecule has 2 heterocycles. The molecule has 1 aliphatic heterocycles. The Morgan fingerprint density at radius 1 is 0.972 bits per heavy atom. The number of nitrogens with one attached hydrogen (secondary N) is 3. The van der Waals surface area contributed by atoms with Crippen LogP contribution in [0, 0.1) is 40.4 Å². The predicted octanol–water partition coefficient (Wildman–Crippen LogP) is 9.89. The van der Waals surface area contributed by atoms with E-state index in [1.807, 2.05) is 76.5 Å². The molecular weight excluding hydrogens is 940 g/mol. The molecule has 0 bridgehead atoms. The summed E-state index contributed by atoms with van der Waals surface area (Å²) in [6.45, 7) is 20.2. The lowest BCUT2D eigenvalue weighted by molar-refractivity contribution is -0.164. The van der Waals surface area contributed by atoms with Gasteiger partial charge < -0.3 is 35.1 Å². The second kappa shape index (κ2) is 23.2. The Morgan fingerprint density at radius 3 is 2.27 bits per heavy atom. The molecule has 0 spiro atoms. The molecule has 380 valence electrons. The quantitative estimate of drug-likeness (QED) is 0.0532. The Hall–Kier alpha value is -5.82. The number of esters is 1. The molecule has 4 atom stereocenters. The van der Waals surface area contributed by atoms with Crippen LogP contribution in [0.1, 0.15) is 128 Å². The molecule has 4 aromatic rings. The standard InChI is InChI=1S/C55H69ClN6O8S/c1-33(36-14-16-37(17-15-36)47-34(2)59-32-71-47)60-49(66)46-28-43(69-35(3)63)30-62(46)50(67)44(53(4,5)6)26-41(64)31-68-25-13-11-12-24-58-40-21-18-38(19-22-40)48(65)61-51-54(7,8)52(55(51,9)10)70-42-23-20-39(29-57)45(56)27-42/h14-23,27,32-33,43-44,46,51-52,58H,11-13,24-26,28,30-31H2,1-10H3,(H,60,66)(H,61,65)/t33?,43-,44-,46?,51?,52?/m1/s1. The summed E-state index contributed by atoms with van der Waals surface area (Å²) in [5.74, 6) is -1.71. The van der Waals surface area contributed by atoms with Gasteiger partial charge in [-0.05, 0) is 86.1 Å². The highest BCUT2D eigenvalue weighted by Gasteiger charge is 2.64. The number of hydrogen-bond donors (Lipinski definition) is 3. The summed E-state index contributed by atoms with van der Waals surface area (Å²) < 4.78 is 17.7. The summed E-state index contributed by atoms with van der Waals surface area (Å²) in [6, 6.07) is 21.0. The van der Waals surface area contributed by atoms with Crippen molar-refractivity contribution in [3.63, 3.8) is 0 Å². The third kappa shape index (κ3) is 13.4. The molecule has 2 unspecified atom stereocenters. The maximum absolute atomic E-state index is 14.4. The average Bonchev–Trinajstić information content (AvgIpc) is 3.95. The van der Waals surface area contributed by atoms with Crippen molar-refractivity contribution >= 4 is 58.1 Å². The number of halogens is 1. The number of benzene rings is 3. The lowest BCUT2D eigenvalue weighted by Crippen LogP contribution is -2.74. The minimum Gasteiger partial charge on any atom is -0.489 e. The SMILES string of the molecule is CC(=O)O[C@@H]1CC(C(=O)NC(C)c2ccc(-c3scnc3C)cc2)N(C(=O)[C@@H](CC(=O)COCCCCCNc2ccc(C(=O)NC3C(C)(C)C(Oc4ccc(C#N)c(Cl)c4)C3(C)C)cc2)C(C)(C)C)C1. The van der Waals surface area contributed by atoms with E-state index < -0.39 is 29.4 Å². The van der Waals surface area contributed by atoms with Gasteiger partial charge in [0.25, 0.3) is 5.91 Å². The molecule has 3 N–H and O–H groups in total. The van der Waals surface area contributed by atoms with Crippen molar-refractivity contribution < 1.29 is 38.2 Å². The summed E-state index contributed by atoms with van der Waals surface area (Å²) in [7, 11) is 0. The van der Waals surface area contributed by atoms with Gasteiger partial charge in [-0.25, -0.2) is 4.98 Å². The van der Waals surface area contributed by atoms with Crippen molar-refractivity contribution in [3.05, 3.63) is 99.6 Å². The number of Topliss-reactive ketones (excluding diaryl/α,β-unsaturated/α-hetero) is 1. The molecular formula is C55H69ClN6O8S. The summed E-state index contributed by atoms with van der Waals surface area (Å²) in [4.78, 5) is 73.9. The van der Waals surface area contributed by atoms with E-state index in [9.17, 15) is 29.2 Å². The third-order valence-corrected chi connectivity index (χ3v) is 15.2. The van der Waals surface area contributed by atoms with Crippen molar-refractivity contribution in [1.82, 2.24) is 20.5 Å². The first-order valence-corrected chi connectivity index (χ1v) is 25.7. The van der Waals surface area contributed by atoms with Crippen LogP contribution in [-0.2, 0) is 28.7 Å². The molecule has 3 aromatic carbocycles. The molecule has 2 aliphatic rings. The normalized spacial score (nSPS) is 19.9. The zero-order chi connectivity index (χ0) is 51.8. The number of hydrogen-bond acceptors (Lipinski definition) is 12. The predicted molar refractivity (Wildman–Crippen MR) is 276 cm³/mol. The van der Waals surface area contributed by atoms with Gasteiger partial charge in [-0.1, -0.05) is 84.3 Å². The van der Waals surface area contributed by atoms with Crippen LogP contribution in [-0.4, -0.2) is 90.0 Å². The maximum atomic E-state index is 14.4. The Bertz CT molecular complexity index is 2570. The van der Waals surface area contributed by atoms with Crippen LogP contribution in [0.5, 0.6) is 5.75 Å². The first kappa shape index (κ1) is 54.5. The highest BCUT2D eigenvalue weighted by Crippen LogP contribution is 2.55. The fourth-order valence-electron chi connectivity index (χ4n) is 10.2. The van der Waals surface area contributed by atoms with E-state index in [0.717, 1.165) is 46.6 Å².